The number of halogens is 4. The Kier molecular flexibility index (Phi) is 3.59. The predicted octanol–water partition coefficient (Wildman–Crippen LogP) is 4.52. The van der Waals surface area contributed by atoms with Gasteiger partial charge in [0.15, 0.2) is 0 Å². The van der Waals surface area contributed by atoms with Crippen molar-refractivity contribution in [2.24, 2.45) is 0 Å². The summed E-state index contributed by atoms with van der Waals surface area (Å²) in [7, 11) is 0. The van der Waals surface area contributed by atoms with Crippen molar-refractivity contribution in [1.82, 2.24) is 10.2 Å². The first kappa shape index (κ1) is 13.3. The van der Waals surface area contributed by atoms with Crippen LogP contribution in [0.3, 0.4) is 0 Å². The third kappa shape index (κ3) is 2.81. The van der Waals surface area contributed by atoms with Gasteiger partial charge in [0.25, 0.3) is 0 Å². The zero-order valence-electron chi connectivity index (χ0n) is 9.20. The first-order chi connectivity index (χ1) is 8.38. The first-order valence-electron chi connectivity index (χ1n) is 5.03. The van der Waals surface area contributed by atoms with E-state index < -0.39 is 11.7 Å². The van der Waals surface area contributed by atoms with Crippen molar-refractivity contribution in [2.45, 2.75) is 18.5 Å². The highest BCUT2D eigenvalue weighted by Crippen LogP contribution is 2.33. The first-order valence-corrected chi connectivity index (χ1v) is 6.28. The van der Waals surface area contributed by atoms with Crippen LogP contribution in [0.1, 0.15) is 22.9 Å². The van der Waals surface area contributed by atoms with Crippen LogP contribution in [0.2, 0.25) is 0 Å². The number of rotatable bonds is 2. The highest BCUT2D eigenvalue weighted by molar-refractivity contribution is 7.15. The van der Waals surface area contributed by atoms with Gasteiger partial charge >= 0.3 is 6.18 Å². The Hall–Kier alpha value is -1.14. The number of alkyl halides is 4. The highest BCUT2D eigenvalue weighted by Gasteiger charge is 2.30. The largest absolute Gasteiger partial charge is 0.416 e. The molecule has 0 amide bonds. The van der Waals surface area contributed by atoms with E-state index in [1.165, 1.54) is 23.5 Å². The third-order valence-corrected chi connectivity index (χ3v) is 3.73. The number of benzene rings is 1. The Labute approximate surface area is 110 Å². The molecule has 0 saturated carbocycles. The minimum atomic E-state index is -4.32. The van der Waals surface area contributed by atoms with Crippen molar-refractivity contribution in [3.63, 3.8) is 0 Å². The van der Waals surface area contributed by atoms with Crippen molar-refractivity contribution in [3.8, 4) is 10.6 Å². The predicted molar refractivity (Wildman–Crippen MR) is 64.6 cm³/mol. The monoisotopic (exact) mass is 292 g/mol. The Morgan fingerprint density at radius 3 is 2.22 bits per heavy atom. The summed E-state index contributed by atoms with van der Waals surface area (Å²) >= 11 is 7.12. The van der Waals surface area contributed by atoms with Gasteiger partial charge in [-0.25, -0.2) is 0 Å². The molecule has 7 heteroatoms. The van der Waals surface area contributed by atoms with Gasteiger partial charge in [0.2, 0.25) is 0 Å². The maximum Gasteiger partial charge on any atom is 0.416 e. The van der Waals surface area contributed by atoms with Crippen LogP contribution in [0, 0.1) is 0 Å². The minimum absolute atomic E-state index is 0.259. The van der Waals surface area contributed by atoms with Crippen LogP contribution in [-0.4, -0.2) is 10.2 Å². The minimum Gasteiger partial charge on any atom is -0.166 e. The molecule has 2 aromatic rings. The van der Waals surface area contributed by atoms with Crippen molar-refractivity contribution in [3.05, 3.63) is 34.8 Å². The molecule has 2 nitrogen and oxygen atoms in total. The molecule has 1 heterocycles. The lowest BCUT2D eigenvalue weighted by atomic mass is 10.1. The molecule has 0 bridgehead atoms. The SMILES string of the molecule is CC(Cl)c1nnc(-c2ccc(C(F)(F)F)cc2)s1. The van der Waals surface area contributed by atoms with Crippen molar-refractivity contribution in [1.29, 1.82) is 0 Å². The van der Waals surface area contributed by atoms with Crippen LogP contribution in [0.25, 0.3) is 10.6 Å². The molecular weight excluding hydrogens is 285 g/mol. The van der Waals surface area contributed by atoms with E-state index in [0.717, 1.165) is 12.1 Å². The van der Waals surface area contributed by atoms with Gasteiger partial charge in [0, 0.05) is 5.56 Å². The average molecular weight is 293 g/mol. The second-order valence-electron chi connectivity index (χ2n) is 3.64. The molecule has 1 unspecified atom stereocenters. The van der Waals surface area contributed by atoms with E-state index in [9.17, 15) is 13.2 Å². The fourth-order valence-electron chi connectivity index (χ4n) is 1.31. The van der Waals surface area contributed by atoms with E-state index >= 15 is 0 Å². The van der Waals surface area contributed by atoms with Crippen LogP contribution in [-0.2, 0) is 6.18 Å². The molecule has 0 aliphatic carbocycles. The Morgan fingerprint density at radius 1 is 1.17 bits per heavy atom. The topological polar surface area (TPSA) is 25.8 Å². The van der Waals surface area contributed by atoms with E-state index in [2.05, 4.69) is 10.2 Å². The summed E-state index contributed by atoms with van der Waals surface area (Å²) in [5, 5.41) is 8.73. The smallest absolute Gasteiger partial charge is 0.166 e. The number of nitrogens with zero attached hydrogens (tertiary/aromatic N) is 2. The van der Waals surface area contributed by atoms with E-state index in [-0.39, 0.29) is 5.38 Å². The lowest BCUT2D eigenvalue weighted by Gasteiger charge is -2.06. The standard InChI is InChI=1S/C11H8ClF3N2S/c1-6(12)9-16-17-10(18-9)7-2-4-8(5-3-7)11(13,14)15/h2-6H,1H3. The fourth-order valence-corrected chi connectivity index (χ4v) is 2.27. The van der Waals surface area contributed by atoms with Crippen molar-refractivity contribution >= 4 is 22.9 Å². The van der Waals surface area contributed by atoms with Gasteiger partial charge in [-0.15, -0.1) is 21.8 Å². The van der Waals surface area contributed by atoms with Crippen LogP contribution in [0.15, 0.2) is 24.3 Å². The van der Waals surface area contributed by atoms with Gasteiger partial charge in [-0.05, 0) is 19.1 Å². The van der Waals surface area contributed by atoms with Gasteiger partial charge < -0.3 is 0 Å². The summed E-state index contributed by atoms with van der Waals surface area (Å²) in [6, 6.07) is 4.82. The maximum absolute atomic E-state index is 12.4. The fraction of sp³-hybridized carbons (Fsp3) is 0.273. The normalized spacial score (nSPS) is 13.6. The van der Waals surface area contributed by atoms with Crippen LogP contribution in [0.4, 0.5) is 13.2 Å². The highest BCUT2D eigenvalue weighted by atomic mass is 35.5. The van der Waals surface area contributed by atoms with Gasteiger partial charge in [-0.1, -0.05) is 23.5 Å². The van der Waals surface area contributed by atoms with Crippen LogP contribution < -0.4 is 0 Å². The van der Waals surface area contributed by atoms with Crippen LogP contribution >= 0.6 is 22.9 Å². The average Bonchev–Trinajstić information content (AvgIpc) is 2.77. The summed E-state index contributed by atoms with van der Waals surface area (Å²) in [5.41, 5.74) is -0.0780. The molecule has 0 aliphatic rings. The molecule has 0 N–H and O–H groups in total. The zero-order chi connectivity index (χ0) is 13.3. The molecule has 2 rings (SSSR count). The van der Waals surface area contributed by atoms with E-state index in [0.29, 0.717) is 15.6 Å². The molecule has 0 aliphatic heterocycles. The summed E-state index contributed by atoms with van der Waals surface area (Å²) < 4.78 is 37.2. The van der Waals surface area contributed by atoms with Gasteiger partial charge in [0.05, 0.1) is 10.9 Å². The van der Waals surface area contributed by atoms with Crippen LogP contribution in [0.5, 0.6) is 0 Å². The second kappa shape index (κ2) is 4.85. The van der Waals surface area contributed by atoms with E-state index in [4.69, 9.17) is 11.6 Å². The van der Waals surface area contributed by atoms with E-state index in [1.807, 2.05) is 0 Å². The third-order valence-electron chi connectivity index (χ3n) is 2.24. The molecule has 0 radical (unpaired) electrons. The molecule has 1 aromatic carbocycles. The molecule has 96 valence electrons. The van der Waals surface area contributed by atoms with Gasteiger partial charge in [-0.3, -0.25) is 0 Å². The zero-order valence-corrected chi connectivity index (χ0v) is 10.8. The quantitative estimate of drug-likeness (QED) is 0.760. The van der Waals surface area contributed by atoms with Gasteiger partial charge in [-0.2, -0.15) is 13.2 Å². The van der Waals surface area contributed by atoms with E-state index in [1.54, 1.807) is 6.92 Å². The molecule has 0 spiro atoms. The summed E-state index contributed by atoms with van der Waals surface area (Å²) in [6.45, 7) is 1.76. The Bertz CT molecular complexity index is 534. The molecule has 1 atom stereocenters. The second-order valence-corrected chi connectivity index (χ2v) is 5.30. The molecule has 18 heavy (non-hydrogen) atoms. The Balaban J connectivity index is 2.29. The van der Waals surface area contributed by atoms with Crippen molar-refractivity contribution < 1.29 is 13.2 Å². The summed E-state index contributed by atoms with van der Waals surface area (Å²) in [4.78, 5) is 0. The number of hydrogen-bond donors (Lipinski definition) is 0. The lowest BCUT2D eigenvalue weighted by Crippen LogP contribution is -2.03. The molecule has 0 saturated heterocycles. The molecule has 0 fully saturated rings. The van der Waals surface area contributed by atoms with Gasteiger partial charge in [0.1, 0.15) is 10.0 Å². The Morgan fingerprint density at radius 2 is 1.78 bits per heavy atom. The number of aromatic nitrogens is 2. The summed E-state index contributed by atoms with van der Waals surface area (Å²) in [5.74, 6) is 0. The molecular formula is C11H8ClF3N2S. The maximum atomic E-state index is 12.4. The van der Waals surface area contributed by atoms with Crippen molar-refractivity contribution in [2.75, 3.05) is 0 Å². The number of hydrogen-bond acceptors (Lipinski definition) is 3. The molecule has 1 aromatic heterocycles. The summed E-state index contributed by atoms with van der Waals surface area (Å²) in [6.07, 6.45) is -4.32. The lowest BCUT2D eigenvalue weighted by molar-refractivity contribution is -0.137.